The maximum absolute atomic E-state index is 11.6. The summed E-state index contributed by atoms with van der Waals surface area (Å²) in [5, 5.41) is 4.14. The van der Waals surface area contributed by atoms with Gasteiger partial charge >= 0.3 is 5.97 Å². The Balaban J connectivity index is 2.02. The van der Waals surface area contributed by atoms with Crippen LogP contribution in [0.5, 0.6) is 0 Å². The molecule has 0 saturated heterocycles. The van der Waals surface area contributed by atoms with Crippen LogP contribution in [0, 0.1) is 0 Å². The second kappa shape index (κ2) is 5.99. The monoisotopic (exact) mass is 260 g/mol. The van der Waals surface area contributed by atoms with Crippen LogP contribution in [0.2, 0.25) is 0 Å². The fourth-order valence-electron chi connectivity index (χ4n) is 1.70. The van der Waals surface area contributed by atoms with Crippen LogP contribution in [0.1, 0.15) is 23.0 Å². The van der Waals surface area contributed by atoms with Crippen LogP contribution in [-0.2, 0) is 17.7 Å². The van der Waals surface area contributed by atoms with E-state index < -0.39 is 5.97 Å². The highest BCUT2D eigenvalue weighted by Crippen LogP contribution is 2.11. The molecule has 0 aliphatic heterocycles. The molecule has 6 heteroatoms. The number of hydrogen-bond donors (Lipinski definition) is 1. The summed E-state index contributed by atoms with van der Waals surface area (Å²) in [5.74, 6) is -0.484. The van der Waals surface area contributed by atoms with Crippen LogP contribution in [0.15, 0.2) is 30.7 Å². The molecule has 6 nitrogen and oxygen atoms in total. The van der Waals surface area contributed by atoms with Crippen molar-refractivity contribution in [3.05, 3.63) is 42.0 Å². The Labute approximate surface area is 111 Å². The van der Waals surface area contributed by atoms with E-state index in [4.69, 9.17) is 10.5 Å². The molecule has 0 bridgehead atoms. The average molecular weight is 260 g/mol. The van der Waals surface area contributed by atoms with Gasteiger partial charge in [0, 0.05) is 25.1 Å². The van der Waals surface area contributed by atoms with Gasteiger partial charge in [0.25, 0.3) is 0 Å². The lowest BCUT2D eigenvalue weighted by Crippen LogP contribution is -2.09. The Hall–Kier alpha value is -2.37. The second-order valence-electron chi connectivity index (χ2n) is 4.02. The van der Waals surface area contributed by atoms with Gasteiger partial charge in [0.2, 0.25) is 0 Å². The minimum atomic E-state index is -0.484. The lowest BCUT2D eigenvalue weighted by atomic mass is 10.2. The van der Waals surface area contributed by atoms with E-state index in [0.717, 1.165) is 12.0 Å². The highest BCUT2D eigenvalue weighted by Gasteiger charge is 2.15. The van der Waals surface area contributed by atoms with Gasteiger partial charge in [-0.05, 0) is 31.0 Å². The van der Waals surface area contributed by atoms with E-state index in [1.807, 2.05) is 12.1 Å². The zero-order valence-electron chi connectivity index (χ0n) is 10.7. The van der Waals surface area contributed by atoms with Gasteiger partial charge in [-0.15, -0.1) is 0 Å². The molecular weight excluding hydrogens is 244 g/mol. The molecule has 0 saturated carbocycles. The number of nitrogen functional groups attached to an aromatic ring is 1. The summed E-state index contributed by atoms with van der Waals surface area (Å²) in [7, 11) is 0. The van der Waals surface area contributed by atoms with E-state index >= 15 is 0 Å². The first kappa shape index (κ1) is 13.1. The Morgan fingerprint density at radius 2 is 2.16 bits per heavy atom. The SMILES string of the molecule is CCOC(=O)c1nn(CCc2ccncc2)cc1N. The zero-order valence-corrected chi connectivity index (χ0v) is 10.7. The van der Waals surface area contributed by atoms with Crippen molar-refractivity contribution in [2.75, 3.05) is 12.3 Å². The minimum Gasteiger partial charge on any atom is -0.461 e. The van der Waals surface area contributed by atoms with Crippen molar-refractivity contribution in [1.82, 2.24) is 14.8 Å². The summed E-state index contributed by atoms with van der Waals surface area (Å²) >= 11 is 0. The first-order valence-electron chi connectivity index (χ1n) is 6.09. The Bertz CT molecular complexity index is 551. The van der Waals surface area contributed by atoms with Crippen LogP contribution in [0.4, 0.5) is 5.69 Å². The van der Waals surface area contributed by atoms with Crippen molar-refractivity contribution in [2.45, 2.75) is 19.9 Å². The van der Waals surface area contributed by atoms with Gasteiger partial charge in [0.15, 0.2) is 5.69 Å². The van der Waals surface area contributed by atoms with Gasteiger partial charge in [-0.3, -0.25) is 9.67 Å². The lowest BCUT2D eigenvalue weighted by Gasteiger charge is -2.01. The van der Waals surface area contributed by atoms with E-state index in [1.165, 1.54) is 0 Å². The molecule has 0 unspecified atom stereocenters. The van der Waals surface area contributed by atoms with Gasteiger partial charge in [-0.2, -0.15) is 5.10 Å². The van der Waals surface area contributed by atoms with Gasteiger partial charge in [-0.25, -0.2) is 4.79 Å². The number of carbonyl (C=O) groups is 1. The number of rotatable bonds is 5. The quantitative estimate of drug-likeness (QED) is 0.819. The maximum atomic E-state index is 11.6. The Morgan fingerprint density at radius 3 is 2.84 bits per heavy atom. The largest absolute Gasteiger partial charge is 0.461 e. The first-order chi connectivity index (χ1) is 9.20. The van der Waals surface area contributed by atoms with Crippen molar-refractivity contribution in [1.29, 1.82) is 0 Å². The van der Waals surface area contributed by atoms with Gasteiger partial charge in [0.1, 0.15) is 0 Å². The van der Waals surface area contributed by atoms with Crippen LogP contribution < -0.4 is 5.73 Å². The summed E-state index contributed by atoms with van der Waals surface area (Å²) in [4.78, 5) is 15.5. The Kier molecular flexibility index (Phi) is 4.12. The predicted molar refractivity (Wildman–Crippen MR) is 70.5 cm³/mol. The number of ether oxygens (including phenoxy) is 1. The number of anilines is 1. The van der Waals surface area contributed by atoms with Crippen molar-refractivity contribution >= 4 is 11.7 Å². The molecule has 2 aromatic heterocycles. The van der Waals surface area contributed by atoms with Gasteiger partial charge in [-0.1, -0.05) is 0 Å². The smallest absolute Gasteiger partial charge is 0.361 e. The van der Waals surface area contributed by atoms with E-state index in [9.17, 15) is 4.79 Å². The molecule has 2 aromatic rings. The molecule has 2 N–H and O–H groups in total. The molecule has 0 amide bonds. The number of aryl methyl sites for hydroxylation is 2. The summed E-state index contributed by atoms with van der Waals surface area (Å²) in [6, 6.07) is 3.89. The number of aromatic nitrogens is 3. The van der Waals surface area contributed by atoms with E-state index in [-0.39, 0.29) is 5.69 Å². The fourth-order valence-corrected chi connectivity index (χ4v) is 1.70. The average Bonchev–Trinajstić information content (AvgIpc) is 2.79. The first-order valence-corrected chi connectivity index (χ1v) is 6.09. The molecule has 0 radical (unpaired) electrons. The van der Waals surface area contributed by atoms with E-state index in [1.54, 1.807) is 30.2 Å². The number of nitrogens with two attached hydrogens (primary N) is 1. The molecule has 100 valence electrons. The highest BCUT2D eigenvalue weighted by atomic mass is 16.5. The zero-order chi connectivity index (χ0) is 13.7. The fraction of sp³-hybridized carbons (Fsp3) is 0.308. The number of nitrogens with zero attached hydrogens (tertiary/aromatic N) is 3. The standard InChI is InChI=1S/C13H16N4O2/c1-2-19-13(18)12-11(14)9-17(16-12)8-5-10-3-6-15-7-4-10/h3-4,6-7,9H,2,5,8,14H2,1H3. The normalized spacial score (nSPS) is 10.4. The van der Waals surface area contributed by atoms with Crippen molar-refractivity contribution in [2.24, 2.45) is 0 Å². The molecule has 0 fully saturated rings. The number of hydrogen-bond acceptors (Lipinski definition) is 5. The van der Waals surface area contributed by atoms with Gasteiger partial charge < -0.3 is 10.5 Å². The molecule has 0 atom stereocenters. The van der Waals surface area contributed by atoms with Crippen LogP contribution >= 0.6 is 0 Å². The third kappa shape index (κ3) is 3.31. The van der Waals surface area contributed by atoms with Crippen LogP contribution in [-0.4, -0.2) is 27.3 Å². The highest BCUT2D eigenvalue weighted by molar-refractivity contribution is 5.92. The predicted octanol–water partition coefficient (Wildman–Crippen LogP) is 1.28. The third-order valence-corrected chi connectivity index (χ3v) is 2.64. The van der Waals surface area contributed by atoms with E-state index in [0.29, 0.717) is 18.8 Å². The summed E-state index contributed by atoms with van der Waals surface area (Å²) in [5.41, 5.74) is 7.42. The summed E-state index contributed by atoms with van der Waals surface area (Å²) in [6.45, 7) is 2.70. The summed E-state index contributed by atoms with van der Waals surface area (Å²) in [6.07, 6.45) is 5.94. The molecule has 2 heterocycles. The molecule has 2 rings (SSSR count). The summed E-state index contributed by atoms with van der Waals surface area (Å²) < 4.78 is 6.54. The van der Waals surface area contributed by atoms with Crippen molar-refractivity contribution in [3.63, 3.8) is 0 Å². The lowest BCUT2D eigenvalue weighted by molar-refractivity contribution is 0.0519. The molecule has 0 aliphatic rings. The van der Waals surface area contributed by atoms with Crippen molar-refractivity contribution < 1.29 is 9.53 Å². The molecule has 19 heavy (non-hydrogen) atoms. The van der Waals surface area contributed by atoms with Crippen LogP contribution in [0.3, 0.4) is 0 Å². The molecule has 0 spiro atoms. The van der Waals surface area contributed by atoms with E-state index in [2.05, 4.69) is 10.1 Å². The Morgan fingerprint density at radius 1 is 1.42 bits per heavy atom. The third-order valence-electron chi connectivity index (χ3n) is 2.64. The maximum Gasteiger partial charge on any atom is 0.361 e. The molecular formula is C13H16N4O2. The second-order valence-corrected chi connectivity index (χ2v) is 4.02. The van der Waals surface area contributed by atoms with Crippen molar-refractivity contribution in [3.8, 4) is 0 Å². The van der Waals surface area contributed by atoms with Gasteiger partial charge in [0.05, 0.1) is 12.3 Å². The minimum absolute atomic E-state index is 0.177. The van der Waals surface area contributed by atoms with Crippen LogP contribution in [0.25, 0.3) is 0 Å². The molecule has 0 aromatic carbocycles. The number of pyridine rings is 1. The number of carbonyl (C=O) groups excluding carboxylic acids is 1. The molecule has 0 aliphatic carbocycles. The topological polar surface area (TPSA) is 83.0 Å². The number of esters is 1.